The standard InChI is InChI=1S/C8H8FNO2/c1-5-7(9)3-6(4-10-5)8(11)12-2/h3-4H,1-2H3. The van der Waals surface area contributed by atoms with E-state index in [1.165, 1.54) is 20.2 Å². The van der Waals surface area contributed by atoms with Gasteiger partial charge in [0.1, 0.15) is 5.82 Å². The smallest absolute Gasteiger partial charge is 0.339 e. The van der Waals surface area contributed by atoms with Crippen LogP contribution in [0.25, 0.3) is 0 Å². The van der Waals surface area contributed by atoms with Crippen LogP contribution in [0.1, 0.15) is 16.1 Å². The maximum atomic E-state index is 12.8. The number of rotatable bonds is 1. The number of aromatic nitrogens is 1. The van der Waals surface area contributed by atoms with Gasteiger partial charge in [0.15, 0.2) is 0 Å². The lowest BCUT2D eigenvalue weighted by molar-refractivity contribution is 0.0599. The molecule has 0 aliphatic heterocycles. The molecule has 0 aliphatic rings. The van der Waals surface area contributed by atoms with E-state index in [4.69, 9.17) is 0 Å². The largest absolute Gasteiger partial charge is 0.465 e. The number of hydrogen-bond donors (Lipinski definition) is 0. The van der Waals surface area contributed by atoms with E-state index < -0.39 is 11.8 Å². The first kappa shape index (κ1) is 8.64. The average Bonchev–Trinajstić information content (AvgIpc) is 2.08. The lowest BCUT2D eigenvalue weighted by atomic mass is 10.2. The van der Waals surface area contributed by atoms with Crippen molar-refractivity contribution in [3.05, 3.63) is 29.3 Å². The van der Waals surface area contributed by atoms with Crippen molar-refractivity contribution in [3.63, 3.8) is 0 Å². The van der Waals surface area contributed by atoms with Crippen LogP contribution in [0.2, 0.25) is 0 Å². The summed E-state index contributed by atoms with van der Waals surface area (Å²) in [5.74, 6) is -1.08. The van der Waals surface area contributed by atoms with Gasteiger partial charge in [-0.2, -0.15) is 0 Å². The zero-order valence-corrected chi connectivity index (χ0v) is 6.80. The van der Waals surface area contributed by atoms with E-state index in [9.17, 15) is 9.18 Å². The minimum Gasteiger partial charge on any atom is -0.465 e. The highest BCUT2D eigenvalue weighted by molar-refractivity contribution is 5.88. The minimum absolute atomic E-state index is 0.126. The van der Waals surface area contributed by atoms with Gasteiger partial charge >= 0.3 is 5.97 Å². The fourth-order valence-corrected chi connectivity index (χ4v) is 0.736. The summed E-state index contributed by atoms with van der Waals surface area (Å²) in [5.41, 5.74) is 0.392. The Bertz CT molecular complexity index is 312. The van der Waals surface area contributed by atoms with Crippen LogP contribution < -0.4 is 0 Å². The van der Waals surface area contributed by atoms with Crippen LogP contribution in [0.15, 0.2) is 12.3 Å². The van der Waals surface area contributed by atoms with Gasteiger partial charge in [-0.05, 0) is 13.0 Å². The molecular formula is C8H8FNO2. The maximum absolute atomic E-state index is 12.8. The highest BCUT2D eigenvalue weighted by Gasteiger charge is 2.07. The molecule has 64 valence electrons. The van der Waals surface area contributed by atoms with Crippen molar-refractivity contribution < 1.29 is 13.9 Å². The van der Waals surface area contributed by atoms with E-state index >= 15 is 0 Å². The van der Waals surface area contributed by atoms with Crippen LogP contribution >= 0.6 is 0 Å². The van der Waals surface area contributed by atoms with E-state index in [-0.39, 0.29) is 11.3 Å². The summed E-state index contributed by atoms with van der Waals surface area (Å²) in [6.07, 6.45) is 1.28. The highest BCUT2D eigenvalue weighted by Crippen LogP contribution is 2.06. The van der Waals surface area contributed by atoms with Gasteiger partial charge in [0.2, 0.25) is 0 Å². The van der Waals surface area contributed by atoms with Crippen LogP contribution in [0.3, 0.4) is 0 Å². The lowest BCUT2D eigenvalue weighted by Gasteiger charge is -1.99. The maximum Gasteiger partial charge on any atom is 0.339 e. The topological polar surface area (TPSA) is 39.2 Å². The molecule has 0 amide bonds. The monoisotopic (exact) mass is 169 g/mol. The molecule has 3 nitrogen and oxygen atoms in total. The summed E-state index contributed by atoms with van der Waals surface area (Å²) in [7, 11) is 1.24. The van der Waals surface area contributed by atoms with Gasteiger partial charge in [0, 0.05) is 6.20 Å². The summed E-state index contributed by atoms with van der Waals surface area (Å²) >= 11 is 0. The van der Waals surface area contributed by atoms with Gasteiger partial charge in [-0.25, -0.2) is 9.18 Å². The zero-order valence-electron chi connectivity index (χ0n) is 6.80. The van der Waals surface area contributed by atoms with Gasteiger partial charge in [0.05, 0.1) is 18.4 Å². The van der Waals surface area contributed by atoms with Crippen LogP contribution in [0, 0.1) is 12.7 Å². The molecule has 0 aromatic carbocycles. The number of nitrogens with zero attached hydrogens (tertiary/aromatic N) is 1. The summed E-state index contributed by atoms with van der Waals surface area (Å²) in [5, 5.41) is 0. The number of carbonyl (C=O) groups excluding carboxylic acids is 1. The number of carbonyl (C=O) groups is 1. The second-order valence-corrected chi connectivity index (χ2v) is 2.28. The second-order valence-electron chi connectivity index (χ2n) is 2.28. The summed E-state index contributed by atoms with van der Waals surface area (Å²) in [4.78, 5) is 14.5. The molecule has 0 bridgehead atoms. The van der Waals surface area contributed by atoms with Crippen LogP contribution in [0.4, 0.5) is 4.39 Å². The molecule has 0 spiro atoms. The van der Waals surface area contributed by atoms with Crippen LogP contribution in [-0.2, 0) is 4.74 Å². The number of methoxy groups -OCH3 is 1. The molecule has 0 fully saturated rings. The van der Waals surface area contributed by atoms with Gasteiger partial charge < -0.3 is 4.74 Å². The molecular weight excluding hydrogens is 161 g/mol. The third kappa shape index (κ3) is 1.58. The molecule has 4 heteroatoms. The molecule has 0 saturated carbocycles. The molecule has 1 heterocycles. The number of pyridine rings is 1. The lowest BCUT2D eigenvalue weighted by Crippen LogP contribution is -2.03. The van der Waals surface area contributed by atoms with Gasteiger partial charge in [0.25, 0.3) is 0 Å². The molecule has 0 unspecified atom stereocenters. The molecule has 1 aromatic heterocycles. The molecule has 0 radical (unpaired) electrons. The Morgan fingerprint density at radius 3 is 2.83 bits per heavy atom. The van der Waals surface area contributed by atoms with Crippen molar-refractivity contribution in [1.29, 1.82) is 0 Å². The molecule has 0 aliphatic carbocycles. The van der Waals surface area contributed by atoms with Crippen molar-refractivity contribution >= 4 is 5.97 Å². The van der Waals surface area contributed by atoms with E-state index in [1.54, 1.807) is 0 Å². The number of hydrogen-bond acceptors (Lipinski definition) is 3. The normalized spacial score (nSPS) is 9.58. The third-order valence-electron chi connectivity index (χ3n) is 1.45. The molecule has 0 N–H and O–H groups in total. The van der Waals surface area contributed by atoms with E-state index in [2.05, 4.69) is 9.72 Å². The fraction of sp³-hybridized carbons (Fsp3) is 0.250. The SMILES string of the molecule is COC(=O)c1cnc(C)c(F)c1. The van der Waals surface area contributed by atoms with E-state index in [0.29, 0.717) is 0 Å². The van der Waals surface area contributed by atoms with Crippen molar-refractivity contribution in [2.24, 2.45) is 0 Å². The summed E-state index contributed by atoms with van der Waals surface area (Å²) in [6, 6.07) is 1.11. The Morgan fingerprint density at radius 1 is 1.67 bits per heavy atom. The van der Waals surface area contributed by atoms with Crippen molar-refractivity contribution in [1.82, 2.24) is 4.98 Å². The minimum atomic E-state index is -0.582. The Hall–Kier alpha value is -1.45. The second kappa shape index (κ2) is 3.30. The number of aryl methyl sites for hydroxylation is 1. The first-order valence-electron chi connectivity index (χ1n) is 3.35. The fourth-order valence-electron chi connectivity index (χ4n) is 0.736. The van der Waals surface area contributed by atoms with Gasteiger partial charge in [-0.3, -0.25) is 4.98 Å². The Balaban J connectivity index is 3.05. The first-order valence-corrected chi connectivity index (χ1v) is 3.35. The highest BCUT2D eigenvalue weighted by atomic mass is 19.1. The quantitative estimate of drug-likeness (QED) is 0.595. The average molecular weight is 169 g/mol. The Kier molecular flexibility index (Phi) is 2.38. The molecule has 0 atom stereocenters. The van der Waals surface area contributed by atoms with Crippen molar-refractivity contribution in [3.8, 4) is 0 Å². The van der Waals surface area contributed by atoms with E-state index in [0.717, 1.165) is 6.07 Å². The number of halogens is 1. The molecule has 1 aromatic rings. The molecule has 1 rings (SSSR count). The van der Waals surface area contributed by atoms with Crippen molar-refractivity contribution in [2.75, 3.05) is 7.11 Å². The first-order chi connectivity index (χ1) is 5.65. The Labute approximate surface area is 69.2 Å². The number of esters is 1. The molecule has 0 saturated heterocycles. The zero-order chi connectivity index (χ0) is 9.14. The predicted molar refractivity (Wildman–Crippen MR) is 40.3 cm³/mol. The molecule has 12 heavy (non-hydrogen) atoms. The van der Waals surface area contributed by atoms with Crippen molar-refractivity contribution in [2.45, 2.75) is 6.92 Å². The summed E-state index contributed by atoms with van der Waals surface area (Å²) < 4.78 is 17.2. The number of ether oxygens (including phenoxy) is 1. The third-order valence-corrected chi connectivity index (χ3v) is 1.45. The van der Waals surface area contributed by atoms with Gasteiger partial charge in [-0.1, -0.05) is 0 Å². The Morgan fingerprint density at radius 2 is 2.33 bits per heavy atom. The van der Waals surface area contributed by atoms with E-state index in [1.807, 2.05) is 0 Å². The van der Waals surface area contributed by atoms with Crippen LogP contribution in [-0.4, -0.2) is 18.1 Å². The summed E-state index contributed by atoms with van der Waals surface area (Å²) in [6.45, 7) is 1.52. The predicted octanol–water partition coefficient (Wildman–Crippen LogP) is 1.32. The van der Waals surface area contributed by atoms with Crippen LogP contribution in [0.5, 0.6) is 0 Å². The van der Waals surface area contributed by atoms with Gasteiger partial charge in [-0.15, -0.1) is 0 Å².